The maximum atomic E-state index is 12.0. The maximum absolute atomic E-state index is 12.0. The van der Waals surface area contributed by atoms with E-state index in [9.17, 15) is 4.79 Å². The van der Waals surface area contributed by atoms with E-state index in [1.165, 1.54) is 0 Å². The first-order valence-electron chi connectivity index (χ1n) is 5.34. The molecular formula is C14H10N2O. The highest BCUT2D eigenvalue weighted by molar-refractivity contribution is 6.05. The Kier molecular flexibility index (Phi) is 2.05. The molecule has 0 aliphatic rings. The third kappa shape index (κ3) is 1.44. The molecule has 0 radical (unpaired) electrons. The van der Waals surface area contributed by atoms with Gasteiger partial charge in [-0.15, -0.1) is 0 Å². The zero-order valence-corrected chi connectivity index (χ0v) is 9.05. The molecule has 0 amide bonds. The van der Waals surface area contributed by atoms with Gasteiger partial charge in [0.05, 0.1) is 5.52 Å². The Labute approximate surface area is 97.5 Å². The van der Waals surface area contributed by atoms with Gasteiger partial charge in [-0.1, -0.05) is 42.5 Å². The SMILES string of the molecule is Nc1nc2ccccc2c2ccccc2c1=O. The monoisotopic (exact) mass is 222 g/mol. The number of nitrogens with two attached hydrogens (primary N) is 1. The lowest BCUT2D eigenvalue weighted by atomic mass is 10.1. The Morgan fingerprint density at radius 3 is 2.18 bits per heavy atom. The summed E-state index contributed by atoms with van der Waals surface area (Å²) in [5.74, 6) is 0.0439. The average molecular weight is 222 g/mol. The topological polar surface area (TPSA) is 56.0 Å². The van der Waals surface area contributed by atoms with Crippen LogP contribution in [0, 0.1) is 0 Å². The minimum Gasteiger partial charge on any atom is -0.380 e. The first-order valence-corrected chi connectivity index (χ1v) is 5.34. The standard InChI is InChI=1S/C14H10N2O/c15-14-13(17)11-7-2-1-5-9(11)10-6-3-4-8-12(10)16-14/h1-8H,(H2,15,16,17). The quantitative estimate of drug-likeness (QED) is 0.635. The molecule has 0 aliphatic heterocycles. The van der Waals surface area contributed by atoms with Crippen LogP contribution in [0.25, 0.3) is 21.7 Å². The smallest absolute Gasteiger partial charge is 0.228 e. The van der Waals surface area contributed by atoms with E-state index in [0.717, 1.165) is 16.3 Å². The van der Waals surface area contributed by atoms with Gasteiger partial charge >= 0.3 is 0 Å². The van der Waals surface area contributed by atoms with Gasteiger partial charge in [0, 0.05) is 10.8 Å². The largest absolute Gasteiger partial charge is 0.380 e. The molecule has 3 nitrogen and oxygen atoms in total. The van der Waals surface area contributed by atoms with Crippen LogP contribution in [0.2, 0.25) is 0 Å². The van der Waals surface area contributed by atoms with Crippen LogP contribution >= 0.6 is 0 Å². The summed E-state index contributed by atoms with van der Waals surface area (Å²) in [7, 11) is 0. The molecule has 3 aromatic rings. The zero-order chi connectivity index (χ0) is 11.8. The Morgan fingerprint density at radius 2 is 1.41 bits per heavy atom. The second-order valence-corrected chi connectivity index (χ2v) is 3.89. The van der Waals surface area contributed by atoms with Crippen molar-refractivity contribution in [2.24, 2.45) is 0 Å². The van der Waals surface area contributed by atoms with Gasteiger partial charge in [0.1, 0.15) is 0 Å². The number of benzene rings is 2. The highest BCUT2D eigenvalue weighted by atomic mass is 16.1. The lowest BCUT2D eigenvalue weighted by Crippen LogP contribution is -2.06. The number of aromatic nitrogens is 1. The van der Waals surface area contributed by atoms with Crippen LogP contribution in [0.15, 0.2) is 53.3 Å². The Morgan fingerprint density at radius 1 is 0.824 bits per heavy atom. The molecule has 0 atom stereocenters. The summed E-state index contributed by atoms with van der Waals surface area (Å²) in [6.07, 6.45) is 0. The van der Waals surface area contributed by atoms with Crippen molar-refractivity contribution in [1.29, 1.82) is 0 Å². The third-order valence-corrected chi connectivity index (χ3v) is 2.84. The van der Waals surface area contributed by atoms with Gasteiger partial charge in [0.25, 0.3) is 0 Å². The van der Waals surface area contributed by atoms with Gasteiger partial charge in [0.15, 0.2) is 5.82 Å². The minimum absolute atomic E-state index is 0.0439. The van der Waals surface area contributed by atoms with Crippen LogP contribution in [0.4, 0.5) is 5.82 Å². The molecule has 0 spiro atoms. The average Bonchev–Trinajstić information content (AvgIpc) is 2.48. The number of nitrogen functional groups attached to an aromatic ring is 1. The number of para-hydroxylation sites is 1. The number of fused-ring (bicyclic) bond motifs is 3. The molecule has 17 heavy (non-hydrogen) atoms. The molecule has 3 heteroatoms. The second-order valence-electron chi connectivity index (χ2n) is 3.89. The molecule has 0 unspecified atom stereocenters. The normalized spacial score (nSPS) is 10.8. The van der Waals surface area contributed by atoms with Gasteiger partial charge in [-0.05, 0) is 11.5 Å². The fraction of sp³-hybridized carbons (Fsp3) is 0. The molecule has 0 saturated heterocycles. The number of rotatable bonds is 0. The fourth-order valence-electron chi connectivity index (χ4n) is 2.03. The van der Waals surface area contributed by atoms with E-state index in [2.05, 4.69) is 4.98 Å². The Hall–Kier alpha value is -2.42. The molecule has 82 valence electrons. The van der Waals surface area contributed by atoms with E-state index in [0.29, 0.717) is 5.39 Å². The Balaban J connectivity index is 2.76. The molecule has 3 rings (SSSR count). The molecule has 2 aromatic carbocycles. The van der Waals surface area contributed by atoms with Gasteiger partial charge in [-0.3, -0.25) is 4.79 Å². The second kappa shape index (κ2) is 3.56. The van der Waals surface area contributed by atoms with E-state index in [4.69, 9.17) is 5.73 Å². The van der Waals surface area contributed by atoms with Crippen molar-refractivity contribution in [3.63, 3.8) is 0 Å². The highest BCUT2D eigenvalue weighted by Crippen LogP contribution is 2.20. The zero-order valence-electron chi connectivity index (χ0n) is 9.05. The summed E-state index contributed by atoms with van der Waals surface area (Å²) < 4.78 is 0. The predicted molar refractivity (Wildman–Crippen MR) is 69.9 cm³/mol. The van der Waals surface area contributed by atoms with Crippen LogP contribution in [0.3, 0.4) is 0 Å². The number of anilines is 1. The molecular weight excluding hydrogens is 212 g/mol. The van der Waals surface area contributed by atoms with Gasteiger partial charge in [0.2, 0.25) is 5.43 Å². The lowest BCUT2D eigenvalue weighted by molar-refractivity contribution is 1.41. The van der Waals surface area contributed by atoms with Crippen molar-refractivity contribution in [3.05, 3.63) is 58.8 Å². The van der Waals surface area contributed by atoms with Crippen molar-refractivity contribution >= 4 is 27.5 Å². The van der Waals surface area contributed by atoms with Crippen LogP contribution in [-0.4, -0.2) is 4.98 Å². The number of nitrogens with zero attached hydrogens (tertiary/aromatic N) is 1. The summed E-state index contributed by atoms with van der Waals surface area (Å²) in [4.78, 5) is 16.2. The first kappa shape index (κ1) is 9.78. The van der Waals surface area contributed by atoms with E-state index in [1.54, 1.807) is 6.07 Å². The van der Waals surface area contributed by atoms with Gasteiger partial charge in [-0.25, -0.2) is 4.98 Å². The molecule has 2 N–H and O–H groups in total. The van der Waals surface area contributed by atoms with Crippen molar-refractivity contribution in [3.8, 4) is 0 Å². The van der Waals surface area contributed by atoms with Crippen LogP contribution in [0.1, 0.15) is 0 Å². The van der Waals surface area contributed by atoms with E-state index in [-0.39, 0.29) is 11.2 Å². The van der Waals surface area contributed by atoms with Crippen molar-refractivity contribution in [2.45, 2.75) is 0 Å². The first-order chi connectivity index (χ1) is 8.27. The molecule has 1 heterocycles. The summed E-state index contributed by atoms with van der Waals surface area (Å²) in [6, 6.07) is 15.1. The molecule has 0 saturated carbocycles. The molecule has 0 fully saturated rings. The van der Waals surface area contributed by atoms with E-state index >= 15 is 0 Å². The molecule has 0 aliphatic carbocycles. The van der Waals surface area contributed by atoms with Crippen LogP contribution < -0.4 is 11.2 Å². The van der Waals surface area contributed by atoms with Gasteiger partial charge < -0.3 is 5.73 Å². The maximum Gasteiger partial charge on any atom is 0.228 e. The predicted octanol–water partition coefficient (Wildman–Crippen LogP) is 2.33. The summed E-state index contributed by atoms with van der Waals surface area (Å²) >= 11 is 0. The van der Waals surface area contributed by atoms with Crippen molar-refractivity contribution in [1.82, 2.24) is 4.98 Å². The third-order valence-electron chi connectivity index (χ3n) is 2.84. The van der Waals surface area contributed by atoms with E-state index in [1.807, 2.05) is 42.5 Å². The van der Waals surface area contributed by atoms with Crippen LogP contribution in [0.5, 0.6) is 0 Å². The van der Waals surface area contributed by atoms with Crippen molar-refractivity contribution in [2.75, 3.05) is 5.73 Å². The van der Waals surface area contributed by atoms with Crippen molar-refractivity contribution < 1.29 is 0 Å². The molecule has 0 bridgehead atoms. The summed E-state index contributed by atoms with van der Waals surface area (Å²) in [5.41, 5.74) is 6.24. The fourth-order valence-corrected chi connectivity index (χ4v) is 2.03. The number of hydrogen-bond donors (Lipinski definition) is 1. The summed E-state index contributed by atoms with van der Waals surface area (Å²) in [6.45, 7) is 0. The minimum atomic E-state index is -0.211. The highest BCUT2D eigenvalue weighted by Gasteiger charge is 2.05. The Bertz CT molecular complexity index is 781. The molecule has 1 aromatic heterocycles. The summed E-state index contributed by atoms with van der Waals surface area (Å²) in [5, 5.41) is 2.44. The van der Waals surface area contributed by atoms with Crippen LogP contribution in [-0.2, 0) is 0 Å². The van der Waals surface area contributed by atoms with Gasteiger partial charge in [-0.2, -0.15) is 0 Å². The number of hydrogen-bond acceptors (Lipinski definition) is 3. The lowest BCUT2D eigenvalue weighted by Gasteiger charge is -1.94. The van der Waals surface area contributed by atoms with E-state index < -0.39 is 0 Å².